The van der Waals surface area contributed by atoms with Crippen LogP contribution in [-0.4, -0.2) is 72.6 Å². The molecular formula is C22H31N5O4. The number of hydrazine groups is 1. The minimum atomic E-state index is -0.846. The number of rotatable bonds is 6. The van der Waals surface area contributed by atoms with E-state index in [1.54, 1.807) is 0 Å². The second kappa shape index (κ2) is 8.74. The van der Waals surface area contributed by atoms with Crippen LogP contribution in [0.2, 0.25) is 0 Å². The zero-order valence-corrected chi connectivity index (χ0v) is 18.2. The van der Waals surface area contributed by atoms with Gasteiger partial charge in [0, 0.05) is 13.1 Å². The van der Waals surface area contributed by atoms with Crippen molar-refractivity contribution in [2.75, 3.05) is 38.1 Å². The van der Waals surface area contributed by atoms with Crippen LogP contribution in [0.25, 0.3) is 0 Å². The van der Waals surface area contributed by atoms with E-state index in [1.165, 1.54) is 0 Å². The molecule has 4 amide bonds. The van der Waals surface area contributed by atoms with Crippen LogP contribution in [0.15, 0.2) is 24.3 Å². The van der Waals surface area contributed by atoms with Gasteiger partial charge < -0.3 is 15.0 Å². The first kappa shape index (κ1) is 21.4. The van der Waals surface area contributed by atoms with Crippen molar-refractivity contribution >= 4 is 23.5 Å². The lowest BCUT2D eigenvalue weighted by molar-refractivity contribution is -0.140. The number of urea groups is 1. The highest BCUT2D eigenvalue weighted by Gasteiger charge is 2.52. The van der Waals surface area contributed by atoms with Gasteiger partial charge in [-0.05, 0) is 38.9 Å². The molecule has 9 heteroatoms. The van der Waals surface area contributed by atoms with Crippen molar-refractivity contribution in [3.63, 3.8) is 0 Å². The van der Waals surface area contributed by atoms with E-state index < -0.39 is 17.5 Å². The molecule has 1 aromatic rings. The zero-order chi connectivity index (χ0) is 22.0. The number of ether oxygens (including phenoxy) is 1. The molecular weight excluding hydrogens is 398 g/mol. The molecule has 2 fully saturated rings. The maximum absolute atomic E-state index is 12.8. The largest absolute Gasteiger partial charge is 0.485 e. The van der Waals surface area contributed by atoms with E-state index in [9.17, 15) is 14.4 Å². The Morgan fingerprint density at radius 1 is 1.26 bits per heavy atom. The topological polar surface area (TPSA) is 94.2 Å². The number of benzene rings is 1. The van der Waals surface area contributed by atoms with Crippen molar-refractivity contribution in [2.45, 2.75) is 50.7 Å². The van der Waals surface area contributed by atoms with Crippen molar-refractivity contribution in [2.24, 2.45) is 0 Å². The molecule has 1 aromatic carbocycles. The number of likely N-dealkylation sites (N-methyl/N-ethyl adjacent to an activating group) is 2. The molecule has 2 heterocycles. The van der Waals surface area contributed by atoms with E-state index in [1.807, 2.05) is 36.2 Å². The summed E-state index contributed by atoms with van der Waals surface area (Å²) in [4.78, 5) is 41.8. The van der Waals surface area contributed by atoms with Crippen LogP contribution in [0.1, 0.15) is 39.0 Å². The molecule has 2 aliphatic heterocycles. The number of nitrogens with zero attached hydrogens (tertiary/aromatic N) is 3. The number of carbonyl (C=O) groups is 3. The fourth-order valence-corrected chi connectivity index (χ4v) is 4.81. The smallest absolute Gasteiger partial charge is 0.344 e. The predicted octanol–water partition coefficient (Wildman–Crippen LogP) is 1.49. The Kier molecular flexibility index (Phi) is 6.04. The van der Waals surface area contributed by atoms with Crippen molar-refractivity contribution in [3.8, 4) is 5.75 Å². The fraction of sp³-hybridized carbons (Fsp3) is 0.591. The van der Waals surface area contributed by atoms with Crippen molar-refractivity contribution in [3.05, 3.63) is 24.3 Å². The van der Waals surface area contributed by atoms with E-state index in [2.05, 4.69) is 22.6 Å². The molecule has 168 valence electrons. The molecule has 1 saturated carbocycles. The lowest BCUT2D eigenvalue weighted by atomic mass is 9.82. The molecule has 4 rings (SSSR count). The van der Waals surface area contributed by atoms with E-state index in [4.69, 9.17) is 4.74 Å². The Labute approximate surface area is 182 Å². The first-order chi connectivity index (χ1) is 14.9. The molecule has 9 nitrogen and oxygen atoms in total. The molecule has 2 N–H and O–H groups in total. The SMILES string of the molecule is CCN1C[C@@H](CN(C)CC(=O)NN2C(=O)NC3(CCCCC3)C2=O)Oc2ccccc21. The Morgan fingerprint density at radius 2 is 2.00 bits per heavy atom. The fourth-order valence-electron chi connectivity index (χ4n) is 4.81. The standard InChI is InChI=1S/C22H31N5O4/c1-3-26-14-16(31-18-10-6-5-9-17(18)26)13-25(2)15-19(28)24-27-20(29)22(23-21(27)30)11-7-4-8-12-22/h5-6,9-10,16H,3-4,7-8,11-15H2,1-2H3,(H,23,30)(H,24,28)/t16-/m1/s1. The highest BCUT2D eigenvalue weighted by atomic mass is 16.5. The maximum atomic E-state index is 12.8. The second-order valence-electron chi connectivity index (χ2n) is 8.69. The van der Waals surface area contributed by atoms with Gasteiger partial charge in [-0.15, -0.1) is 0 Å². The van der Waals surface area contributed by atoms with E-state index in [0.717, 1.165) is 48.8 Å². The molecule has 31 heavy (non-hydrogen) atoms. The third kappa shape index (κ3) is 4.32. The molecule has 1 aliphatic carbocycles. The molecule has 1 saturated heterocycles. The molecule has 1 spiro atoms. The van der Waals surface area contributed by atoms with Gasteiger partial charge in [-0.1, -0.05) is 31.4 Å². The summed E-state index contributed by atoms with van der Waals surface area (Å²) in [6.45, 7) is 4.30. The van der Waals surface area contributed by atoms with E-state index in [-0.39, 0.29) is 18.6 Å². The lowest BCUT2D eigenvalue weighted by Gasteiger charge is -2.37. The number of anilines is 1. The Morgan fingerprint density at radius 3 is 2.74 bits per heavy atom. The highest BCUT2D eigenvalue weighted by molar-refractivity contribution is 6.08. The summed E-state index contributed by atoms with van der Waals surface area (Å²) in [5.41, 5.74) is 2.73. The van der Waals surface area contributed by atoms with E-state index >= 15 is 0 Å². The normalized spacial score (nSPS) is 22.4. The van der Waals surface area contributed by atoms with E-state index in [0.29, 0.717) is 19.4 Å². The number of para-hydroxylation sites is 2. The predicted molar refractivity (Wildman–Crippen MR) is 116 cm³/mol. The van der Waals surface area contributed by atoms with Gasteiger partial charge in [0.25, 0.3) is 11.8 Å². The van der Waals surface area contributed by atoms with Gasteiger partial charge in [0.05, 0.1) is 18.8 Å². The Balaban J connectivity index is 1.31. The zero-order valence-electron chi connectivity index (χ0n) is 18.2. The maximum Gasteiger partial charge on any atom is 0.344 e. The summed E-state index contributed by atoms with van der Waals surface area (Å²) in [7, 11) is 1.83. The monoisotopic (exact) mass is 429 g/mol. The average molecular weight is 430 g/mol. The molecule has 1 atom stereocenters. The molecule has 0 aromatic heterocycles. The number of imide groups is 1. The minimum absolute atomic E-state index is 0.0533. The van der Waals surface area contributed by atoms with Gasteiger partial charge in [0.15, 0.2) is 0 Å². The molecule has 0 unspecified atom stereocenters. The number of amides is 4. The molecule has 0 bridgehead atoms. The van der Waals surface area contributed by atoms with Gasteiger partial charge >= 0.3 is 6.03 Å². The third-order valence-corrected chi connectivity index (χ3v) is 6.34. The van der Waals surface area contributed by atoms with Crippen molar-refractivity contribution < 1.29 is 19.1 Å². The van der Waals surface area contributed by atoms with Crippen LogP contribution in [0.3, 0.4) is 0 Å². The number of carbonyl (C=O) groups excluding carboxylic acids is 3. The second-order valence-corrected chi connectivity index (χ2v) is 8.69. The summed E-state index contributed by atoms with van der Waals surface area (Å²) in [5.74, 6) is 0.0944. The Bertz CT molecular complexity index is 854. The molecule has 0 radical (unpaired) electrons. The number of hydrogen-bond donors (Lipinski definition) is 2. The summed E-state index contributed by atoms with van der Waals surface area (Å²) < 4.78 is 6.12. The first-order valence-corrected chi connectivity index (χ1v) is 11.1. The van der Waals surface area contributed by atoms with Crippen LogP contribution in [0.4, 0.5) is 10.5 Å². The van der Waals surface area contributed by atoms with Gasteiger partial charge in [-0.25, -0.2) is 4.79 Å². The first-order valence-electron chi connectivity index (χ1n) is 11.1. The van der Waals surface area contributed by atoms with Crippen LogP contribution >= 0.6 is 0 Å². The number of nitrogens with one attached hydrogen (secondary N) is 2. The van der Waals surface area contributed by atoms with Crippen LogP contribution < -0.4 is 20.4 Å². The highest BCUT2D eigenvalue weighted by Crippen LogP contribution is 2.34. The minimum Gasteiger partial charge on any atom is -0.485 e. The average Bonchev–Trinajstić information content (AvgIpc) is 2.97. The van der Waals surface area contributed by atoms with Crippen LogP contribution in [0.5, 0.6) is 5.75 Å². The van der Waals surface area contributed by atoms with Crippen molar-refractivity contribution in [1.29, 1.82) is 0 Å². The Hall–Kier alpha value is -2.81. The molecule has 3 aliphatic rings. The van der Waals surface area contributed by atoms with Gasteiger partial charge in [-0.2, -0.15) is 5.01 Å². The van der Waals surface area contributed by atoms with Crippen molar-refractivity contribution in [1.82, 2.24) is 20.7 Å². The number of hydrogen-bond acceptors (Lipinski definition) is 6. The van der Waals surface area contributed by atoms with Gasteiger partial charge in [0.1, 0.15) is 17.4 Å². The summed E-state index contributed by atoms with van der Waals surface area (Å²) >= 11 is 0. The van der Waals surface area contributed by atoms with Crippen LogP contribution in [0, 0.1) is 0 Å². The summed E-state index contributed by atoms with van der Waals surface area (Å²) in [5, 5.41) is 3.65. The lowest BCUT2D eigenvalue weighted by Crippen LogP contribution is -2.53. The summed E-state index contributed by atoms with van der Waals surface area (Å²) in [6.07, 6.45) is 4.02. The number of fused-ring (bicyclic) bond motifs is 1. The third-order valence-electron chi connectivity index (χ3n) is 6.34. The van der Waals surface area contributed by atoms with Crippen LogP contribution in [-0.2, 0) is 9.59 Å². The van der Waals surface area contributed by atoms with Gasteiger partial charge in [-0.3, -0.25) is 19.9 Å². The quantitative estimate of drug-likeness (QED) is 0.666. The van der Waals surface area contributed by atoms with Gasteiger partial charge in [0.2, 0.25) is 0 Å². The summed E-state index contributed by atoms with van der Waals surface area (Å²) in [6, 6.07) is 7.39.